The fraction of sp³-hybridized carbons (Fsp3) is 0.185. The van der Waals surface area contributed by atoms with Gasteiger partial charge in [0.25, 0.3) is 5.91 Å². The molecule has 0 radical (unpaired) electrons. The summed E-state index contributed by atoms with van der Waals surface area (Å²) in [6, 6.07) is 19.3. The first kappa shape index (κ1) is 25.2. The highest BCUT2D eigenvalue weighted by atomic mass is 16.6. The number of amides is 1. The van der Waals surface area contributed by atoms with Crippen molar-refractivity contribution in [3.8, 4) is 0 Å². The molecule has 8 heteroatoms. The van der Waals surface area contributed by atoms with E-state index < -0.39 is 36.0 Å². The molecule has 0 aliphatic heterocycles. The Labute approximate surface area is 202 Å². The molecule has 3 aromatic carbocycles. The highest BCUT2D eigenvalue weighted by molar-refractivity contribution is 6.01. The maximum atomic E-state index is 13.1. The minimum atomic E-state index is -2.09. The smallest absolute Gasteiger partial charge is 0.349 e. The fourth-order valence-corrected chi connectivity index (χ4v) is 3.09. The molecule has 0 heterocycles. The lowest BCUT2D eigenvalue weighted by atomic mass is 10.1. The Kier molecular flexibility index (Phi) is 7.99. The number of nitrogens with one attached hydrogen (secondary N) is 1. The van der Waals surface area contributed by atoms with E-state index in [0.717, 1.165) is 16.7 Å². The lowest BCUT2D eigenvalue weighted by Crippen LogP contribution is -2.48. The van der Waals surface area contributed by atoms with Crippen molar-refractivity contribution in [3.63, 3.8) is 0 Å². The van der Waals surface area contributed by atoms with E-state index in [-0.39, 0.29) is 11.1 Å². The molecular weight excluding hydrogens is 450 g/mol. The van der Waals surface area contributed by atoms with Crippen LogP contribution in [0.25, 0.3) is 0 Å². The Balaban J connectivity index is 1.90. The van der Waals surface area contributed by atoms with Gasteiger partial charge in [0, 0.05) is 5.69 Å². The number of aryl methyl sites for hydroxylation is 3. The summed E-state index contributed by atoms with van der Waals surface area (Å²) < 4.78 is 10.5. The van der Waals surface area contributed by atoms with Gasteiger partial charge in [0.2, 0.25) is 12.2 Å². The third-order valence-corrected chi connectivity index (χ3v) is 5.14. The van der Waals surface area contributed by atoms with Crippen LogP contribution in [0.4, 0.5) is 5.69 Å². The van der Waals surface area contributed by atoms with Gasteiger partial charge in [0.1, 0.15) is 0 Å². The molecule has 0 unspecified atom stereocenters. The molecule has 180 valence electrons. The van der Waals surface area contributed by atoms with Crippen molar-refractivity contribution in [1.82, 2.24) is 0 Å². The van der Waals surface area contributed by atoms with E-state index in [9.17, 15) is 24.3 Å². The number of benzene rings is 3. The standard InChI is InChI=1S/C27H25NO7/c1-16-4-10-19(11-5-16)26(32)34-22(24(29)28-21-14-8-18(3)9-15-21)23(25(30)31)35-27(33)20-12-6-17(2)7-13-20/h4-15,22-23H,1-3H3,(H,28,29)(H,30,31)/t22-,23-/m1/s1. The van der Waals surface area contributed by atoms with Crippen molar-refractivity contribution < 1.29 is 33.8 Å². The molecule has 0 aliphatic carbocycles. The Morgan fingerprint density at radius 3 is 1.40 bits per heavy atom. The fourth-order valence-electron chi connectivity index (χ4n) is 3.09. The summed E-state index contributed by atoms with van der Waals surface area (Å²) in [7, 11) is 0. The number of aliphatic carboxylic acids is 1. The molecule has 0 saturated heterocycles. The third-order valence-electron chi connectivity index (χ3n) is 5.14. The monoisotopic (exact) mass is 475 g/mol. The van der Waals surface area contributed by atoms with Crippen LogP contribution in [-0.4, -0.2) is 41.1 Å². The minimum absolute atomic E-state index is 0.0874. The van der Waals surface area contributed by atoms with E-state index in [0.29, 0.717) is 5.69 Å². The lowest BCUT2D eigenvalue weighted by Gasteiger charge is -2.23. The molecule has 0 saturated carbocycles. The predicted octanol–water partition coefficient (Wildman–Crippen LogP) is 4.09. The second-order valence-corrected chi connectivity index (χ2v) is 8.08. The molecule has 3 aromatic rings. The summed E-state index contributed by atoms with van der Waals surface area (Å²) >= 11 is 0. The molecule has 0 bridgehead atoms. The van der Waals surface area contributed by atoms with Crippen molar-refractivity contribution >= 4 is 29.5 Å². The van der Waals surface area contributed by atoms with Crippen molar-refractivity contribution in [2.24, 2.45) is 0 Å². The normalized spacial score (nSPS) is 12.2. The number of esters is 2. The number of hydrogen-bond donors (Lipinski definition) is 2. The largest absolute Gasteiger partial charge is 0.478 e. The molecule has 0 fully saturated rings. The first-order chi connectivity index (χ1) is 16.6. The van der Waals surface area contributed by atoms with Gasteiger partial charge in [-0.15, -0.1) is 0 Å². The predicted molar refractivity (Wildman–Crippen MR) is 128 cm³/mol. The first-order valence-corrected chi connectivity index (χ1v) is 10.8. The number of hydrogen-bond acceptors (Lipinski definition) is 6. The molecule has 2 atom stereocenters. The van der Waals surface area contributed by atoms with Gasteiger partial charge >= 0.3 is 17.9 Å². The molecule has 3 rings (SSSR count). The number of carbonyl (C=O) groups excluding carboxylic acids is 3. The SMILES string of the molecule is Cc1ccc(NC(=O)[C@H](OC(=O)c2ccc(C)cc2)[C@@H](OC(=O)c2ccc(C)cc2)C(=O)O)cc1. The number of anilines is 1. The molecule has 1 amide bonds. The summed E-state index contributed by atoms with van der Waals surface area (Å²) in [5.74, 6) is -4.52. The molecular formula is C27H25NO7. The number of rotatable bonds is 8. The zero-order valence-electron chi connectivity index (χ0n) is 19.5. The summed E-state index contributed by atoms with van der Waals surface area (Å²) in [5, 5.41) is 12.3. The second-order valence-electron chi connectivity index (χ2n) is 8.08. The van der Waals surface area contributed by atoms with E-state index >= 15 is 0 Å². The van der Waals surface area contributed by atoms with E-state index in [2.05, 4.69) is 5.32 Å². The minimum Gasteiger partial charge on any atom is -0.478 e. The van der Waals surface area contributed by atoms with E-state index in [1.54, 1.807) is 48.5 Å². The van der Waals surface area contributed by atoms with Crippen LogP contribution in [0.1, 0.15) is 37.4 Å². The molecule has 8 nitrogen and oxygen atoms in total. The summed E-state index contributed by atoms with van der Waals surface area (Å²) in [4.78, 5) is 50.5. The number of carboxylic acids is 1. The van der Waals surface area contributed by atoms with Gasteiger partial charge < -0.3 is 19.9 Å². The zero-order valence-corrected chi connectivity index (χ0v) is 19.5. The van der Waals surface area contributed by atoms with Crippen LogP contribution >= 0.6 is 0 Å². The molecule has 35 heavy (non-hydrogen) atoms. The number of carbonyl (C=O) groups is 4. The van der Waals surface area contributed by atoms with Gasteiger partial charge in [-0.2, -0.15) is 0 Å². The van der Waals surface area contributed by atoms with E-state index in [1.807, 2.05) is 20.8 Å². The first-order valence-electron chi connectivity index (χ1n) is 10.8. The number of ether oxygens (including phenoxy) is 2. The Bertz CT molecular complexity index is 1220. The van der Waals surface area contributed by atoms with Crippen LogP contribution in [0.2, 0.25) is 0 Å². The van der Waals surface area contributed by atoms with E-state index in [4.69, 9.17) is 9.47 Å². The summed E-state index contributed by atoms with van der Waals surface area (Å²) in [5.41, 5.74) is 3.28. The zero-order chi connectivity index (χ0) is 25.5. The average molecular weight is 475 g/mol. The van der Waals surface area contributed by atoms with Crippen molar-refractivity contribution in [1.29, 1.82) is 0 Å². The summed E-state index contributed by atoms with van der Waals surface area (Å²) in [6.07, 6.45) is -4.05. The van der Waals surface area contributed by atoms with Crippen LogP contribution in [-0.2, 0) is 19.1 Å². The molecule has 0 aliphatic rings. The van der Waals surface area contributed by atoms with Gasteiger partial charge in [-0.3, -0.25) is 4.79 Å². The lowest BCUT2D eigenvalue weighted by molar-refractivity contribution is -0.157. The summed E-state index contributed by atoms with van der Waals surface area (Å²) in [6.45, 7) is 5.52. The molecule has 0 spiro atoms. The molecule has 0 aromatic heterocycles. The van der Waals surface area contributed by atoms with Crippen molar-refractivity contribution in [2.75, 3.05) is 5.32 Å². The van der Waals surface area contributed by atoms with Gasteiger partial charge in [-0.25, -0.2) is 14.4 Å². The highest BCUT2D eigenvalue weighted by Gasteiger charge is 2.41. The van der Waals surface area contributed by atoms with Crippen LogP contribution in [0.5, 0.6) is 0 Å². The highest BCUT2D eigenvalue weighted by Crippen LogP contribution is 2.17. The van der Waals surface area contributed by atoms with Crippen LogP contribution < -0.4 is 5.32 Å². The van der Waals surface area contributed by atoms with Crippen LogP contribution in [0.15, 0.2) is 72.8 Å². The number of carboxylic acid groups (broad SMARTS) is 1. The van der Waals surface area contributed by atoms with Crippen LogP contribution in [0.3, 0.4) is 0 Å². The Morgan fingerprint density at radius 2 is 1.00 bits per heavy atom. The van der Waals surface area contributed by atoms with Gasteiger partial charge in [0.15, 0.2) is 0 Å². The Hall–Kier alpha value is -4.46. The Morgan fingerprint density at radius 1 is 0.629 bits per heavy atom. The van der Waals surface area contributed by atoms with Gasteiger partial charge in [-0.1, -0.05) is 53.1 Å². The quantitative estimate of drug-likeness (QED) is 0.471. The van der Waals surface area contributed by atoms with Gasteiger partial charge in [-0.05, 0) is 57.2 Å². The van der Waals surface area contributed by atoms with Crippen molar-refractivity contribution in [3.05, 3.63) is 101 Å². The maximum absolute atomic E-state index is 13.1. The van der Waals surface area contributed by atoms with Gasteiger partial charge in [0.05, 0.1) is 11.1 Å². The van der Waals surface area contributed by atoms with E-state index in [1.165, 1.54) is 24.3 Å². The maximum Gasteiger partial charge on any atom is 0.349 e. The van der Waals surface area contributed by atoms with Crippen LogP contribution in [0, 0.1) is 20.8 Å². The average Bonchev–Trinajstić information content (AvgIpc) is 2.83. The second kappa shape index (κ2) is 11.1. The third kappa shape index (κ3) is 6.77. The topological polar surface area (TPSA) is 119 Å². The molecule has 2 N–H and O–H groups in total. The van der Waals surface area contributed by atoms with Crippen molar-refractivity contribution in [2.45, 2.75) is 33.0 Å².